The van der Waals surface area contributed by atoms with E-state index in [2.05, 4.69) is 0 Å². The molecular weight excluding hydrogens is 247 g/mol. The highest BCUT2D eigenvalue weighted by atomic mass is 35.5. The summed E-state index contributed by atoms with van der Waals surface area (Å²) in [4.78, 5) is 0. The number of alkyl halides is 4. The van der Waals surface area contributed by atoms with Crippen molar-refractivity contribution in [1.82, 2.24) is 4.57 Å². The Morgan fingerprint density at radius 3 is 2.69 bits per heavy atom. The molecule has 1 aromatic rings. The Bertz CT molecular complexity index is 371. The quantitative estimate of drug-likeness (QED) is 0.759. The molecule has 1 aliphatic rings. The lowest BCUT2D eigenvalue weighted by molar-refractivity contribution is -0.139. The molecule has 1 atom stereocenters. The lowest BCUT2D eigenvalue weighted by atomic mass is 10.1. The number of nitrogens with zero attached hydrogens (tertiary/aromatic N) is 1. The molecule has 1 saturated heterocycles. The predicted molar refractivity (Wildman–Crippen MR) is 49.9 cm³/mol. The van der Waals surface area contributed by atoms with Crippen LogP contribution in [0.2, 0.25) is 0 Å². The summed E-state index contributed by atoms with van der Waals surface area (Å²) in [5.74, 6) is 0. The first-order valence-electron chi connectivity index (χ1n) is 4.54. The van der Waals surface area contributed by atoms with Crippen LogP contribution >= 0.6 is 11.6 Å². The highest BCUT2D eigenvalue weighted by molar-refractivity contribution is 6.15. The normalized spacial score (nSPS) is 21.6. The second-order valence-electron chi connectivity index (χ2n) is 3.40. The first kappa shape index (κ1) is 11.8. The second-order valence-corrected chi connectivity index (χ2v) is 3.64. The van der Waals surface area contributed by atoms with E-state index in [0.717, 1.165) is 6.20 Å². The minimum atomic E-state index is -4.40. The highest BCUT2D eigenvalue weighted by Crippen LogP contribution is 2.37. The van der Waals surface area contributed by atoms with E-state index in [1.807, 2.05) is 0 Å². The first-order chi connectivity index (χ1) is 7.52. The summed E-state index contributed by atoms with van der Waals surface area (Å²) in [7, 11) is 0. The summed E-state index contributed by atoms with van der Waals surface area (Å²) >= 11 is 5.49. The van der Waals surface area contributed by atoms with Crippen LogP contribution in [0.3, 0.4) is 0 Å². The highest BCUT2D eigenvalue weighted by Gasteiger charge is 2.38. The van der Waals surface area contributed by atoms with Gasteiger partial charge in [-0.15, -0.1) is 11.6 Å². The van der Waals surface area contributed by atoms with Crippen LogP contribution in [0.25, 0.3) is 0 Å². The van der Waals surface area contributed by atoms with Crippen LogP contribution in [0.5, 0.6) is 0 Å². The van der Waals surface area contributed by atoms with E-state index < -0.39 is 17.8 Å². The lowest BCUT2D eigenvalue weighted by Gasteiger charge is -2.11. The Morgan fingerprint density at radius 2 is 2.19 bits per heavy atom. The Kier molecular flexibility index (Phi) is 3.14. The molecule has 1 aromatic heterocycles. The van der Waals surface area contributed by atoms with Crippen molar-refractivity contribution in [2.45, 2.75) is 18.3 Å². The van der Waals surface area contributed by atoms with Crippen LogP contribution in [0.15, 0.2) is 12.4 Å². The average molecular weight is 256 g/mol. The van der Waals surface area contributed by atoms with Gasteiger partial charge < -0.3 is 14.0 Å². The minimum absolute atomic E-state index is 0.0218. The fraction of sp³-hybridized carbons (Fsp3) is 0.556. The molecule has 0 aromatic carbocycles. The molecule has 90 valence electrons. The summed E-state index contributed by atoms with van der Waals surface area (Å²) in [5.41, 5.74) is -0.644. The molecular formula is C9H9ClF3NO2. The number of aromatic nitrogens is 1. The van der Waals surface area contributed by atoms with Crippen LogP contribution in [0.1, 0.15) is 17.2 Å². The van der Waals surface area contributed by atoms with Crippen LogP contribution in [0.4, 0.5) is 13.2 Å². The third-order valence-corrected chi connectivity index (χ3v) is 2.60. The Hall–Kier alpha value is -0.720. The maximum Gasteiger partial charge on any atom is 0.418 e. The van der Waals surface area contributed by atoms with Crippen LogP contribution in [-0.2, 0) is 21.7 Å². The van der Waals surface area contributed by atoms with Crippen LogP contribution in [-0.4, -0.2) is 18.0 Å². The van der Waals surface area contributed by atoms with Gasteiger partial charge in [-0.1, -0.05) is 0 Å². The molecule has 7 heteroatoms. The molecule has 2 rings (SSSR count). The molecule has 1 unspecified atom stereocenters. The van der Waals surface area contributed by atoms with Gasteiger partial charge in [-0.05, 0) is 0 Å². The Labute approximate surface area is 94.7 Å². The zero-order chi connectivity index (χ0) is 11.8. The molecule has 0 saturated carbocycles. The van der Waals surface area contributed by atoms with Gasteiger partial charge in [-0.25, -0.2) is 0 Å². The molecule has 0 bridgehead atoms. The zero-order valence-corrected chi connectivity index (χ0v) is 8.88. The summed E-state index contributed by atoms with van der Waals surface area (Å²) in [5, 5.41) is 0. The molecule has 0 radical (unpaired) electrons. The van der Waals surface area contributed by atoms with Gasteiger partial charge >= 0.3 is 6.18 Å². The Balaban J connectivity index is 2.37. The predicted octanol–water partition coefficient (Wildman–Crippen LogP) is 2.75. The zero-order valence-electron chi connectivity index (χ0n) is 8.13. The molecule has 0 spiro atoms. The van der Waals surface area contributed by atoms with Gasteiger partial charge in [-0.2, -0.15) is 13.2 Å². The third-order valence-electron chi connectivity index (χ3n) is 2.32. The standard InChI is InChI=1S/C9H9ClF3NO2/c10-4-14-1-6(8-3-15-5-16-8)7(2-14)9(11,12)13/h1-2,8H,3-5H2. The smallest absolute Gasteiger partial charge is 0.352 e. The maximum absolute atomic E-state index is 12.7. The summed E-state index contributed by atoms with van der Waals surface area (Å²) in [6, 6.07) is -0.0311. The van der Waals surface area contributed by atoms with Crippen molar-refractivity contribution in [2.75, 3.05) is 13.4 Å². The van der Waals surface area contributed by atoms with Crippen molar-refractivity contribution in [1.29, 1.82) is 0 Å². The largest absolute Gasteiger partial charge is 0.418 e. The number of ether oxygens (including phenoxy) is 2. The topological polar surface area (TPSA) is 23.4 Å². The van der Waals surface area contributed by atoms with Crippen molar-refractivity contribution in [3.63, 3.8) is 0 Å². The number of halogens is 4. The lowest BCUT2D eigenvalue weighted by Crippen LogP contribution is -2.10. The van der Waals surface area contributed by atoms with Gasteiger partial charge in [0.2, 0.25) is 0 Å². The van der Waals surface area contributed by atoms with Gasteiger partial charge in [0.05, 0.1) is 18.2 Å². The van der Waals surface area contributed by atoms with Crippen molar-refractivity contribution >= 4 is 11.6 Å². The molecule has 1 fully saturated rings. The van der Waals surface area contributed by atoms with Gasteiger partial charge in [0.15, 0.2) is 0 Å². The number of hydrogen-bond donors (Lipinski definition) is 0. The fourth-order valence-corrected chi connectivity index (χ4v) is 1.74. The van der Waals surface area contributed by atoms with E-state index in [1.54, 1.807) is 0 Å². The molecule has 0 N–H and O–H groups in total. The maximum atomic E-state index is 12.7. The van der Waals surface area contributed by atoms with Crippen LogP contribution < -0.4 is 0 Å². The first-order valence-corrected chi connectivity index (χ1v) is 5.08. The van der Waals surface area contributed by atoms with Gasteiger partial charge in [-0.3, -0.25) is 0 Å². The molecule has 0 aliphatic carbocycles. The van der Waals surface area contributed by atoms with E-state index in [4.69, 9.17) is 21.1 Å². The SMILES string of the molecule is FC(F)(F)c1cn(CCl)cc1C1COCO1. The van der Waals surface area contributed by atoms with E-state index in [-0.39, 0.29) is 25.0 Å². The molecule has 3 nitrogen and oxygen atoms in total. The van der Waals surface area contributed by atoms with Crippen molar-refractivity contribution < 1.29 is 22.6 Å². The van der Waals surface area contributed by atoms with E-state index >= 15 is 0 Å². The summed E-state index contributed by atoms with van der Waals surface area (Å²) in [6.45, 7) is 0.156. The van der Waals surface area contributed by atoms with E-state index in [1.165, 1.54) is 10.8 Å². The monoisotopic (exact) mass is 255 g/mol. The van der Waals surface area contributed by atoms with Crippen molar-refractivity contribution in [3.05, 3.63) is 23.5 Å². The van der Waals surface area contributed by atoms with Gasteiger partial charge in [0.25, 0.3) is 0 Å². The summed E-state index contributed by atoms with van der Waals surface area (Å²) in [6.07, 6.45) is -2.75. The van der Waals surface area contributed by atoms with Crippen LogP contribution in [0, 0.1) is 0 Å². The van der Waals surface area contributed by atoms with Crippen molar-refractivity contribution in [2.24, 2.45) is 0 Å². The second kappa shape index (κ2) is 4.27. The molecule has 0 amide bonds. The van der Waals surface area contributed by atoms with Gasteiger partial charge in [0.1, 0.15) is 12.9 Å². The molecule has 16 heavy (non-hydrogen) atoms. The molecule has 2 heterocycles. The summed E-state index contributed by atoms with van der Waals surface area (Å²) < 4.78 is 49.3. The Morgan fingerprint density at radius 1 is 1.44 bits per heavy atom. The van der Waals surface area contributed by atoms with Crippen molar-refractivity contribution in [3.8, 4) is 0 Å². The molecule has 1 aliphatic heterocycles. The number of rotatable bonds is 2. The van der Waals surface area contributed by atoms with E-state index in [0.29, 0.717) is 0 Å². The van der Waals surface area contributed by atoms with Gasteiger partial charge in [0, 0.05) is 18.0 Å². The minimum Gasteiger partial charge on any atom is -0.352 e. The number of hydrogen-bond acceptors (Lipinski definition) is 2. The van der Waals surface area contributed by atoms with E-state index in [9.17, 15) is 13.2 Å². The third kappa shape index (κ3) is 2.18. The average Bonchev–Trinajstić information content (AvgIpc) is 2.85. The fourth-order valence-electron chi connectivity index (χ4n) is 1.60.